The van der Waals surface area contributed by atoms with Gasteiger partial charge < -0.3 is 14.4 Å². The molecule has 106 heavy (non-hydrogen) atoms. The molecular formula is C95H61BN10. The number of benzene rings is 14. The molecule has 4 aromatic heterocycles. The summed E-state index contributed by atoms with van der Waals surface area (Å²) in [5, 5.41) is 2.11. The Morgan fingerprint density at radius 3 is 1.18 bits per heavy atom. The molecule has 10 nitrogen and oxygen atoms in total. The molecule has 0 N–H and O–H groups in total. The molecule has 14 aromatic carbocycles. The number of anilines is 6. The minimum Gasteiger partial charge on any atom is -0.311 e. The monoisotopic (exact) mass is 1350 g/mol. The molecule has 2 aliphatic heterocycles. The molecule has 0 fully saturated rings. The molecule has 0 amide bonds. The number of para-hydroxylation sites is 4. The fourth-order valence-corrected chi connectivity index (χ4v) is 15.6. The summed E-state index contributed by atoms with van der Waals surface area (Å²) in [5.41, 5.74) is 27.1. The number of hydrogen-bond donors (Lipinski definition) is 0. The largest absolute Gasteiger partial charge is 0.311 e. The first kappa shape index (κ1) is 61.6. The number of fused-ring (bicyclic) bond motifs is 7. The zero-order chi connectivity index (χ0) is 70.0. The quantitative estimate of drug-likeness (QED) is 0.104. The summed E-state index contributed by atoms with van der Waals surface area (Å²) < 4.78 is 2.37. The number of aromatic nitrogens is 8. The topological polar surface area (TPSA) is 102 Å². The van der Waals surface area contributed by atoms with E-state index in [2.05, 4.69) is 293 Å². The van der Waals surface area contributed by atoms with Crippen LogP contribution in [0.4, 0.5) is 34.1 Å². The second-order valence-electron chi connectivity index (χ2n) is 26.8. The Morgan fingerprint density at radius 1 is 0.208 bits per heavy atom. The van der Waals surface area contributed by atoms with Gasteiger partial charge in [-0.15, -0.1) is 0 Å². The minimum absolute atomic E-state index is 0.0526. The van der Waals surface area contributed by atoms with E-state index in [1.54, 1.807) is 0 Å². The van der Waals surface area contributed by atoms with Crippen molar-refractivity contribution < 1.29 is 0 Å². The smallest absolute Gasteiger partial charge is 0.252 e. The number of hydrogen-bond acceptors (Lipinski definition) is 9. The molecule has 0 spiro atoms. The Labute approximate surface area is 613 Å². The Morgan fingerprint density at radius 2 is 0.594 bits per heavy atom. The van der Waals surface area contributed by atoms with Gasteiger partial charge in [0.05, 0.1) is 39.5 Å². The average molecular weight is 1350 g/mol. The fourth-order valence-electron chi connectivity index (χ4n) is 15.6. The van der Waals surface area contributed by atoms with Gasteiger partial charge in [-0.1, -0.05) is 267 Å². The van der Waals surface area contributed by atoms with Crippen molar-refractivity contribution in [2.45, 2.75) is 0 Å². The Kier molecular flexibility index (Phi) is 15.1. The van der Waals surface area contributed by atoms with Gasteiger partial charge >= 0.3 is 0 Å². The lowest BCUT2D eigenvalue weighted by Crippen LogP contribution is -2.61. The molecule has 0 unspecified atom stereocenters. The number of rotatable bonds is 13. The van der Waals surface area contributed by atoms with Crippen LogP contribution in [0.2, 0.25) is 0 Å². The van der Waals surface area contributed by atoms with E-state index in [9.17, 15) is 0 Å². The van der Waals surface area contributed by atoms with E-state index < -0.39 is 0 Å². The van der Waals surface area contributed by atoms with Crippen LogP contribution in [0.15, 0.2) is 370 Å². The maximum Gasteiger partial charge on any atom is 0.252 e. The maximum atomic E-state index is 5.74. The number of nitrogens with zero attached hydrogens (tertiary/aromatic N) is 10. The zero-order valence-electron chi connectivity index (χ0n) is 57.3. The lowest BCUT2D eigenvalue weighted by molar-refractivity contribution is 1.07. The van der Waals surface area contributed by atoms with Crippen LogP contribution in [0.5, 0.6) is 0 Å². The normalized spacial score (nSPS) is 12.1. The summed E-state index contributed by atoms with van der Waals surface area (Å²) in [7, 11) is 0. The van der Waals surface area contributed by atoms with Crippen LogP contribution in [-0.4, -0.2) is 46.2 Å². The molecule has 20 rings (SSSR count). The Bertz CT molecular complexity index is 6280. The van der Waals surface area contributed by atoms with E-state index in [1.807, 2.05) is 91.0 Å². The molecule has 2 aliphatic rings. The van der Waals surface area contributed by atoms with Crippen LogP contribution >= 0.6 is 0 Å². The molecule has 0 bridgehead atoms. The average Bonchev–Trinajstić information content (AvgIpc) is 0.843. The van der Waals surface area contributed by atoms with Gasteiger partial charge in [0.25, 0.3) is 6.71 Å². The second-order valence-corrected chi connectivity index (χ2v) is 26.8. The van der Waals surface area contributed by atoms with Crippen molar-refractivity contribution in [3.8, 4) is 119 Å². The van der Waals surface area contributed by atoms with Gasteiger partial charge in [0.15, 0.2) is 29.1 Å². The van der Waals surface area contributed by atoms with Crippen LogP contribution in [0.3, 0.4) is 0 Å². The summed E-state index contributed by atoms with van der Waals surface area (Å²) in [4.78, 5) is 42.1. The summed E-state index contributed by atoms with van der Waals surface area (Å²) in [5.74, 6) is 2.99. The maximum absolute atomic E-state index is 5.74. The Balaban J connectivity index is 0.741. The third-order valence-corrected chi connectivity index (χ3v) is 20.5. The van der Waals surface area contributed by atoms with E-state index in [1.165, 1.54) is 33.5 Å². The van der Waals surface area contributed by atoms with Crippen LogP contribution in [0.25, 0.3) is 141 Å². The molecule has 0 saturated heterocycles. The first-order chi connectivity index (χ1) is 52.5. The van der Waals surface area contributed by atoms with Crippen molar-refractivity contribution in [3.63, 3.8) is 0 Å². The molecule has 6 heterocycles. The molecular weight excluding hydrogens is 1290 g/mol. The lowest BCUT2D eigenvalue weighted by atomic mass is 9.33. The van der Waals surface area contributed by atoms with E-state index >= 15 is 0 Å². The van der Waals surface area contributed by atoms with Crippen LogP contribution in [0.1, 0.15) is 0 Å². The second kappa shape index (κ2) is 26.0. The molecule has 0 saturated carbocycles. The highest BCUT2D eigenvalue weighted by molar-refractivity contribution is 7.00. The molecule has 0 atom stereocenters. The predicted molar refractivity (Wildman–Crippen MR) is 434 cm³/mol. The summed E-state index contributed by atoms with van der Waals surface area (Å²) >= 11 is 0. The minimum atomic E-state index is 0.0526. The standard InChI is InChI=1S/C95H61BN10/c1-7-27-63(28-8-1)79-60-81(99-91(97-79)65-31-11-3-12-32-65)69-51-55-85(106-83-44-22-19-41-74(83)75-59-71(52-56-84(75)106)95-102-92(66-33-13-4-14-34-66)101-93(103-95)67-35-15-5-16-36-67)76(58-69)82-61-80(64-29-9-2-10-30-64)98-94(100-82)70-38-25-37-68(57-70)62-49-53-73(54-50-62)105-87-46-24-21-43-78(87)96-77-42-20-23-45-86(77)104(72-39-17-6-18-40-72)88-47-26-48-89(105)90(88)96/h1-61H. The summed E-state index contributed by atoms with van der Waals surface area (Å²) in [6.07, 6.45) is 0. The first-order valence-electron chi connectivity index (χ1n) is 35.7. The van der Waals surface area contributed by atoms with Crippen molar-refractivity contribution in [2.24, 2.45) is 0 Å². The van der Waals surface area contributed by atoms with Crippen molar-refractivity contribution in [1.29, 1.82) is 0 Å². The van der Waals surface area contributed by atoms with Gasteiger partial charge in [-0.3, -0.25) is 0 Å². The first-order valence-corrected chi connectivity index (χ1v) is 35.7. The predicted octanol–water partition coefficient (Wildman–Crippen LogP) is 21.3. The van der Waals surface area contributed by atoms with E-state index in [0.717, 1.165) is 129 Å². The van der Waals surface area contributed by atoms with Gasteiger partial charge in [-0.25, -0.2) is 34.9 Å². The van der Waals surface area contributed by atoms with Crippen molar-refractivity contribution in [1.82, 2.24) is 39.5 Å². The SMILES string of the molecule is c1ccc(-c2cc(-c3ccc(-n4c5ccccc5c5cc(-c6nc(-c7ccccc7)nc(-c7ccccc7)n6)ccc54)c(-c4cc(-c5ccccc5)nc(-c5cccc(-c6ccc(N7c8ccccc8B8c9ccccc9N(c9ccccc9)c9cccc7c98)cc6)c5)n4)c3)nc(-c3ccccc3)n2)cc1. The molecule has 0 radical (unpaired) electrons. The Hall–Kier alpha value is -14.3. The highest BCUT2D eigenvalue weighted by Crippen LogP contribution is 2.46. The van der Waals surface area contributed by atoms with Crippen LogP contribution < -0.4 is 26.2 Å². The lowest BCUT2D eigenvalue weighted by Gasteiger charge is -2.44. The van der Waals surface area contributed by atoms with Gasteiger partial charge in [0, 0.05) is 95.0 Å². The molecule has 0 aliphatic carbocycles. The van der Waals surface area contributed by atoms with Gasteiger partial charge in [0.2, 0.25) is 0 Å². The van der Waals surface area contributed by atoms with Crippen molar-refractivity contribution >= 4 is 79.0 Å². The van der Waals surface area contributed by atoms with Crippen molar-refractivity contribution in [2.75, 3.05) is 9.80 Å². The third kappa shape index (κ3) is 10.9. The zero-order valence-corrected chi connectivity index (χ0v) is 57.3. The van der Waals surface area contributed by atoms with Gasteiger partial charge in [-0.05, 0) is 131 Å². The summed E-state index contributed by atoms with van der Waals surface area (Å²) in [6.45, 7) is 0.0526. The van der Waals surface area contributed by atoms with Crippen molar-refractivity contribution in [3.05, 3.63) is 370 Å². The molecule has 494 valence electrons. The third-order valence-electron chi connectivity index (χ3n) is 20.5. The van der Waals surface area contributed by atoms with E-state index in [-0.39, 0.29) is 6.71 Å². The summed E-state index contributed by atoms with van der Waals surface area (Å²) in [6, 6.07) is 130. The highest BCUT2D eigenvalue weighted by Gasteiger charge is 2.43. The van der Waals surface area contributed by atoms with E-state index in [0.29, 0.717) is 29.1 Å². The van der Waals surface area contributed by atoms with Crippen LogP contribution in [-0.2, 0) is 0 Å². The molecule has 11 heteroatoms. The van der Waals surface area contributed by atoms with Crippen LogP contribution in [0, 0.1) is 0 Å². The highest BCUT2D eigenvalue weighted by atomic mass is 15.2. The molecule has 18 aromatic rings. The fraction of sp³-hybridized carbons (Fsp3) is 0. The van der Waals surface area contributed by atoms with Gasteiger partial charge in [-0.2, -0.15) is 0 Å². The van der Waals surface area contributed by atoms with Gasteiger partial charge in [0.1, 0.15) is 0 Å². The van der Waals surface area contributed by atoms with E-state index in [4.69, 9.17) is 34.9 Å².